The first-order chi connectivity index (χ1) is 10.1. The van der Waals surface area contributed by atoms with E-state index in [-0.39, 0.29) is 11.9 Å². The van der Waals surface area contributed by atoms with Gasteiger partial charge >= 0.3 is 0 Å². The molecule has 1 aromatic carbocycles. The fraction of sp³-hybridized carbons (Fsp3) is 0.312. The first-order valence-corrected chi connectivity index (χ1v) is 7.78. The summed E-state index contributed by atoms with van der Waals surface area (Å²) < 4.78 is 5.25. The van der Waals surface area contributed by atoms with Gasteiger partial charge in [0, 0.05) is 0 Å². The van der Waals surface area contributed by atoms with Gasteiger partial charge in [-0.15, -0.1) is 11.3 Å². The van der Waals surface area contributed by atoms with E-state index in [1.807, 2.05) is 44.3 Å². The van der Waals surface area contributed by atoms with E-state index in [2.05, 4.69) is 16.8 Å². The summed E-state index contributed by atoms with van der Waals surface area (Å²) in [6.45, 7) is 2.78. The van der Waals surface area contributed by atoms with Crippen molar-refractivity contribution in [1.29, 1.82) is 0 Å². The Morgan fingerprint density at radius 2 is 2.10 bits per heavy atom. The molecule has 0 saturated heterocycles. The molecule has 21 heavy (non-hydrogen) atoms. The Labute approximate surface area is 129 Å². The Kier molecular flexibility index (Phi) is 5.36. The number of hydrogen-bond acceptors (Lipinski definition) is 3. The number of carbonyl (C=O) groups is 1. The minimum Gasteiger partial charge on any atom is -0.495 e. The monoisotopic (exact) mass is 305 g/mol. The lowest BCUT2D eigenvalue weighted by Gasteiger charge is -2.21. The quantitative estimate of drug-likeness (QED) is 0.854. The molecule has 0 aliphatic rings. The molecule has 0 fully saturated rings. The number of anilines is 1. The zero-order valence-corrected chi connectivity index (χ0v) is 13.4. The number of rotatable bonds is 6. The maximum atomic E-state index is 12.4. The van der Waals surface area contributed by atoms with Crippen molar-refractivity contribution in [3.8, 4) is 5.75 Å². The Hall–Kier alpha value is -1.85. The molecule has 0 aliphatic heterocycles. The molecule has 2 aromatic rings. The third kappa shape index (κ3) is 4.06. The van der Waals surface area contributed by atoms with Gasteiger partial charge in [0.1, 0.15) is 12.3 Å². The fourth-order valence-electron chi connectivity index (χ4n) is 2.05. The number of para-hydroxylation sites is 2. The van der Waals surface area contributed by atoms with Gasteiger partial charge in [0.15, 0.2) is 6.04 Å². The SMILES string of the molecule is COc1ccccc1NC(=O)[C@H](C)[NH+](C)Cc1cccs1. The fourth-order valence-corrected chi connectivity index (χ4v) is 2.85. The second kappa shape index (κ2) is 7.24. The molecule has 1 aromatic heterocycles. The van der Waals surface area contributed by atoms with Gasteiger partial charge in [-0.2, -0.15) is 0 Å². The van der Waals surface area contributed by atoms with Crippen molar-refractivity contribution in [3.05, 3.63) is 46.7 Å². The summed E-state index contributed by atoms with van der Waals surface area (Å²) in [5.74, 6) is 0.669. The number of amides is 1. The molecule has 0 bridgehead atoms. The first kappa shape index (κ1) is 15.5. The highest BCUT2D eigenvalue weighted by molar-refractivity contribution is 7.09. The van der Waals surface area contributed by atoms with Crippen LogP contribution in [0.15, 0.2) is 41.8 Å². The predicted molar refractivity (Wildman–Crippen MR) is 86.0 cm³/mol. The van der Waals surface area contributed by atoms with Crippen LogP contribution in [-0.4, -0.2) is 26.1 Å². The summed E-state index contributed by atoms with van der Waals surface area (Å²) >= 11 is 1.72. The summed E-state index contributed by atoms with van der Waals surface area (Å²) in [7, 11) is 3.63. The molecule has 0 radical (unpaired) electrons. The normalized spacial score (nSPS) is 13.5. The number of methoxy groups -OCH3 is 1. The van der Waals surface area contributed by atoms with E-state index < -0.39 is 0 Å². The molecular formula is C16H21N2O2S+. The maximum absolute atomic E-state index is 12.4. The Bertz CT molecular complexity index is 584. The highest BCUT2D eigenvalue weighted by Crippen LogP contribution is 2.22. The van der Waals surface area contributed by atoms with Gasteiger partial charge in [-0.05, 0) is 30.5 Å². The molecule has 112 valence electrons. The first-order valence-electron chi connectivity index (χ1n) is 6.90. The number of thiophene rings is 1. The van der Waals surface area contributed by atoms with Gasteiger partial charge < -0.3 is 15.0 Å². The Morgan fingerprint density at radius 1 is 1.33 bits per heavy atom. The minimum atomic E-state index is -0.142. The lowest BCUT2D eigenvalue weighted by atomic mass is 10.2. The summed E-state index contributed by atoms with van der Waals surface area (Å²) in [6.07, 6.45) is 0. The van der Waals surface area contributed by atoms with E-state index in [0.29, 0.717) is 11.4 Å². The number of nitrogens with one attached hydrogen (secondary N) is 2. The van der Waals surface area contributed by atoms with Gasteiger partial charge in [0.2, 0.25) is 0 Å². The van der Waals surface area contributed by atoms with Crippen molar-refractivity contribution in [2.24, 2.45) is 0 Å². The molecule has 1 amide bonds. The van der Waals surface area contributed by atoms with Gasteiger partial charge in [0.25, 0.3) is 5.91 Å². The molecule has 0 spiro atoms. The minimum absolute atomic E-state index is 0.00597. The van der Waals surface area contributed by atoms with Gasteiger partial charge in [-0.3, -0.25) is 4.79 Å². The number of quaternary nitrogens is 1. The van der Waals surface area contributed by atoms with Crippen LogP contribution in [0.25, 0.3) is 0 Å². The van der Waals surface area contributed by atoms with Crippen LogP contribution in [0.2, 0.25) is 0 Å². The lowest BCUT2D eigenvalue weighted by Crippen LogP contribution is -3.12. The molecule has 1 heterocycles. The standard InChI is InChI=1S/C16H20N2O2S/c1-12(18(2)11-13-7-6-10-21-13)16(19)17-14-8-4-5-9-15(14)20-3/h4-10,12H,11H2,1-3H3,(H,17,19)/p+1/t12-/m0/s1. The third-order valence-corrected chi connectivity index (χ3v) is 4.41. The van der Waals surface area contributed by atoms with E-state index in [0.717, 1.165) is 11.4 Å². The van der Waals surface area contributed by atoms with Crippen LogP contribution in [0.3, 0.4) is 0 Å². The van der Waals surface area contributed by atoms with E-state index >= 15 is 0 Å². The largest absolute Gasteiger partial charge is 0.495 e. The molecule has 0 saturated carbocycles. The maximum Gasteiger partial charge on any atom is 0.282 e. The Balaban J connectivity index is 1.98. The topological polar surface area (TPSA) is 42.8 Å². The molecule has 2 rings (SSSR count). The number of hydrogen-bond donors (Lipinski definition) is 2. The molecule has 2 N–H and O–H groups in total. The van der Waals surface area contributed by atoms with Crippen molar-refractivity contribution in [1.82, 2.24) is 0 Å². The van der Waals surface area contributed by atoms with E-state index in [1.165, 1.54) is 4.88 Å². The summed E-state index contributed by atoms with van der Waals surface area (Å²) in [5, 5.41) is 5.00. The zero-order valence-electron chi connectivity index (χ0n) is 12.6. The second-order valence-electron chi connectivity index (χ2n) is 5.01. The van der Waals surface area contributed by atoms with Gasteiger partial charge in [0.05, 0.1) is 24.7 Å². The van der Waals surface area contributed by atoms with Crippen molar-refractivity contribution in [3.63, 3.8) is 0 Å². The van der Waals surface area contributed by atoms with Gasteiger partial charge in [-0.25, -0.2) is 0 Å². The van der Waals surface area contributed by atoms with Crippen molar-refractivity contribution in [2.75, 3.05) is 19.5 Å². The van der Waals surface area contributed by atoms with Gasteiger partial charge in [-0.1, -0.05) is 18.2 Å². The third-order valence-electron chi connectivity index (χ3n) is 3.53. The van der Waals surface area contributed by atoms with Crippen LogP contribution in [0.1, 0.15) is 11.8 Å². The van der Waals surface area contributed by atoms with Crippen molar-refractivity contribution >= 4 is 22.9 Å². The summed E-state index contributed by atoms with van der Waals surface area (Å²) in [5.41, 5.74) is 0.709. The van der Waals surface area contributed by atoms with Crippen LogP contribution in [0.4, 0.5) is 5.69 Å². The summed E-state index contributed by atoms with van der Waals surface area (Å²) in [4.78, 5) is 14.8. The molecule has 1 unspecified atom stereocenters. The van der Waals surface area contributed by atoms with Crippen LogP contribution >= 0.6 is 11.3 Å². The number of likely N-dealkylation sites (N-methyl/N-ethyl adjacent to an activating group) is 1. The van der Waals surface area contributed by atoms with Crippen molar-refractivity contribution in [2.45, 2.75) is 19.5 Å². The second-order valence-corrected chi connectivity index (χ2v) is 6.05. The Morgan fingerprint density at radius 3 is 2.76 bits per heavy atom. The smallest absolute Gasteiger partial charge is 0.282 e. The molecule has 0 aliphatic carbocycles. The average molecular weight is 305 g/mol. The van der Waals surface area contributed by atoms with Crippen LogP contribution in [0.5, 0.6) is 5.75 Å². The number of carbonyl (C=O) groups excluding carboxylic acids is 1. The molecule has 5 heteroatoms. The van der Waals surface area contributed by atoms with Crippen LogP contribution < -0.4 is 15.0 Å². The van der Waals surface area contributed by atoms with E-state index in [9.17, 15) is 4.79 Å². The molecule has 4 nitrogen and oxygen atoms in total. The highest BCUT2D eigenvalue weighted by Gasteiger charge is 2.23. The van der Waals surface area contributed by atoms with Crippen LogP contribution in [0, 0.1) is 0 Å². The highest BCUT2D eigenvalue weighted by atomic mass is 32.1. The van der Waals surface area contributed by atoms with E-state index in [4.69, 9.17) is 4.74 Å². The van der Waals surface area contributed by atoms with Crippen LogP contribution in [-0.2, 0) is 11.3 Å². The number of benzene rings is 1. The number of ether oxygens (including phenoxy) is 1. The summed E-state index contributed by atoms with van der Waals surface area (Å²) in [6, 6.07) is 11.4. The zero-order chi connectivity index (χ0) is 15.2. The lowest BCUT2D eigenvalue weighted by molar-refractivity contribution is -0.907. The predicted octanol–water partition coefficient (Wildman–Crippen LogP) is 1.80. The average Bonchev–Trinajstić information content (AvgIpc) is 2.99. The van der Waals surface area contributed by atoms with Crippen molar-refractivity contribution < 1.29 is 14.4 Å². The molecule has 2 atom stereocenters. The molecular weight excluding hydrogens is 284 g/mol. The van der Waals surface area contributed by atoms with E-state index in [1.54, 1.807) is 18.4 Å².